The van der Waals surface area contributed by atoms with Crippen molar-refractivity contribution in [2.75, 3.05) is 13.2 Å². The Hall–Kier alpha value is -0.0800. The summed E-state index contributed by atoms with van der Waals surface area (Å²) < 4.78 is 0. The molecule has 0 spiro atoms. The molecule has 0 aliphatic heterocycles. The maximum Gasteiger partial charge on any atom is 0.0482 e. The van der Waals surface area contributed by atoms with Crippen LogP contribution in [0.5, 0.6) is 0 Å². The van der Waals surface area contributed by atoms with Crippen LogP contribution < -0.4 is 5.32 Å². The molecular weight excluding hydrogens is 174 g/mol. The van der Waals surface area contributed by atoms with Gasteiger partial charge in [-0.15, -0.1) is 0 Å². The van der Waals surface area contributed by atoms with Crippen molar-refractivity contribution in [1.82, 2.24) is 5.32 Å². The molecule has 1 aliphatic carbocycles. The van der Waals surface area contributed by atoms with Crippen LogP contribution in [0.25, 0.3) is 0 Å². The van der Waals surface area contributed by atoms with E-state index >= 15 is 0 Å². The molecule has 0 bridgehead atoms. The van der Waals surface area contributed by atoms with Crippen molar-refractivity contribution in [3.8, 4) is 0 Å². The van der Waals surface area contributed by atoms with E-state index in [0.717, 1.165) is 19.0 Å². The first-order valence-electron chi connectivity index (χ1n) is 5.98. The Morgan fingerprint density at radius 2 is 1.93 bits per heavy atom. The summed E-state index contributed by atoms with van der Waals surface area (Å²) in [6, 6.07) is 0.784. The van der Waals surface area contributed by atoms with Gasteiger partial charge in [-0.1, -0.05) is 26.7 Å². The molecule has 84 valence electrons. The molecule has 0 aromatic heterocycles. The number of rotatable bonds is 6. The summed E-state index contributed by atoms with van der Waals surface area (Å²) in [6.45, 7) is 5.68. The quantitative estimate of drug-likeness (QED) is 0.643. The molecule has 0 heterocycles. The van der Waals surface area contributed by atoms with Crippen molar-refractivity contribution in [2.45, 2.75) is 58.4 Å². The highest BCUT2D eigenvalue weighted by Crippen LogP contribution is 2.21. The van der Waals surface area contributed by atoms with E-state index in [1.54, 1.807) is 0 Å². The Morgan fingerprint density at radius 3 is 2.50 bits per heavy atom. The predicted octanol–water partition coefficient (Wildman–Crippen LogP) is 2.32. The SMILES string of the molecule is CC(C)(CO)CCCNC1CCCC1. The molecule has 2 N–H and O–H groups in total. The van der Waals surface area contributed by atoms with E-state index in [1.165, 1.54) is 32.1 Å². The third kappa shape index (κ3) is 4.43. The predicted molar refractivity (Wildman–Crippen MR) is 60.4 cm³/mol. The van der Waals surface area contributed by atoms with E-state index in [-0.39, 0.29) is 5.41 Å². The maximum atomic E-state index is 9.08. The third-order valence-corrected chi connectivity index (χ3v) is 3.25. The highest BCUT2D eigenvalue weighted by Gasteiger charge is 2.17. The molecule has 1 aliphatic rings. The van der Waals surface area contributed by atoms with Crippen molar-refractivity contribution >= 4 is 0 Å². The fourth-order valence-electron chi connectivity index (χ4n) is 2.08. The average molecular weight is 199 g/mol. The number of aliphatic hydroxyl groups is 1. The molecule has 14 heavy (non-hydrogen) atoms. The Labute approximate surface area is 88.1 Å². The molecule has 2 nitrogen and oxygen atoms in total. The van der Waals surface area contributed by atoms with E-state index in [4.69, 9.17) is 5.11 Å². The second kappa shape index (κ2) is 5.72. The number of aliphatic hydroxyl groups excluding tert-OH is 1. The van der Waals surface area contributed by atoms with Gasteiger partial charge in [0.25, 0.3) is 0 Å². The van der Waals surface area contributed by atoms with Crippen LogP contribution in [0.4, 0.5) is 0 Å². The largest absolute Gasteiger partial charge is 0.396 e. The minimum absolute atomic E-state index is 0.108. The molecule has 1 saturated carbocycles. The normalized spacial score (nSPS) is 19.1. The molecule has 0 unspecified atom stereocenters. The molecule has 0 aromatic carbocycles. The molecule has 1 fully saturated rings. The first kappa shape index (κ1) is 12.0. The summed E-state index contributed by atoms with van der Waals surface area (Å²) in [5, 5.41) is 12.7. The maximum absolute atomic E-state index is 9.08. The highest BCUT2D eigenvalue weighted by atomic mass is 16.3. The lowest BCUT2D eigenvalue weighted by atomic mass is 9.89. The molecule has 0 atom stereocenters. The van der Waals surface area contributed by atoms with E-state index < -0.39 is 0 Å². The first-order valence-corrected chi connectivity index (χ1v) is 5.98. The Kier molecular flexibility index (Phi) is 4.90. The van der Waals surface area contributed by atoms with Crippen LogP contribution in [0.2, 0.25) is 0 Å². The van der Waals surface area contributed by atoms with E-state index in [2.05, 4.69) is 19.2 Å². The van der Waals surface area contributed by atoms with Crippen LogP contribution >= 0.6 is 0 Å². The topological polar surface area (TPSA) is 32.3 Å². The molecular formula is C12H25NO. The van der Waals surface area contributed by atoms with Crippen LogP contribution in [0.15, 0.2) is 0 Å². The lowest BCUT2D eigenvalue weighted by molar-refractivity contribution is 0.147. The lowest BCUT2D eigenvalue weighted by Crippen LogP contribution is -2.28. The average Bonchev–Trinajstić information content (AvgIpc) is 2.65. The van der Waals surface area contributed by atoms with E-state index in [9.17, 15) is 0 Å². The fraction of sp³-hybridized carbons (Fsp3) is 1.00. The molecule has 0 amide bonds. The van der Waals surface area contributed by atoms with Crippen LogP contribution in [-0.4, -0.2) is 24.3 Å². The van der Waals surface area contributed by atoms with Gasteiger partial charge in [-0.05, 0) is 37.6 Å². The Morgan fingerprint density at radius 1 is 1.29 bits per heavy atom. The van der Waals surface area contributed by atoms with Gasteiger partial charge in [-0.25, -0.2) is 0 Å². The van der Waals surface area contributed by atoms with Crippen molar-refractivity contribution < 1.29 is 5.11 Å². The zero-order valence-corrected chi connectivity index (χ0v) is 9.68. The van der Waals surface area contributed by atoms with Gasteiger partial charge in [-0.3, -0.25) is 0 Å². The summed E-state index contributed by atoms with van der Waals surface area (Å²) in [6.07, 6.45) is 7.83. The minimum atomic E-state index is 0.108. The van der Waals surface area contributed by atoms with Crippen molar-refractivity contribution in [3.05, 3.63) is 0 Å². The third-order valence-electron chi connectivity index (χ3n) is 3.25. The zero-order chi connectivity index (χ0) is 10.4. The standard InChI is InChI=1S/C12H25NO/c1-12(2,10-14)8-5-9-13-11-6-3-4-7-11/h11,13-14H,3-10H2,1-2H3. The second-order valence-electron chi connectivity index (χ2n) is 5.36. The number of nitrogens with one attached hydrogen (secondary N) is 1. The fourth-order valence-corrected chi connectivity index (χ4v) is 2.08. The summed E-state index contributed by atoms with van der Waals surface area (Å²) in [7, 11) is 0. The van der Waals surface area contributed by atoms with Gasteiger partial charge in [0, 0.05) is 12.6 Å². The van der Waals surface area contributed by atoms with Gasteiger partial charge >= 0.3 is 0 Å². The monoisotopic (exact) mass is 199 g/mol. The first-order chi connectivity index (χ1) is 6.64. The van der Waals surface area contributed by atoms with E-state index in [0.29, 0.717) is 6.61 Å². The Balaban J connectivity index is 1.98. The van der Waals surface area contributed by atoms with Gasteiger partial charge < -0.3 is 10.4 Å². The van der Waals surface area contributed by atoms with Crippen LogP contribution in [0, 0.1) is 5.41 Å². The van der Waals surface area contributed by atoms with Crippen LogP contribution in [0.1, 0.15) is 52.4 Å². The van der Waals surface area contributed by atoms with Crippen LogP contribution in [0.3, 0.4) is 0 Å². The van der Waals surface area contributed by atoms with E-state index in [1.807, 2.05) is 0 Å². The van der Waals surface area contributed by atoms with Crippen molar-refractivity contribution in [2.24, 2.45) is 5.41 Å². The van der Waals surface area contributed by atoms with Crippen molar-refractivity contribution in [3.63, 3.8) is 0 Å². The summed E-state index contributed by atoms with van der Waals surface area (Å²) >= 11 is 0. The zero-order valence-electron chi connectivity index (χ0n) is 9.68. The van der Waals surface area contributed by atoms with Gasteiger partial charge in [-0.2, -0.15) is 0 Å². The highest BCUT2D eigenvalue weighted by molar-refractivity contribution is 4.74. The molecule has 1 rings (SSSR count). The minimum Gasteiger partial charge on any atom is -0.396 e. The van der Waals surface area contributed by atoms with Crippen molar-refractivity contribution in [1.29, 1.82) is 0 Å². The molecule has 2 heteroatoms. The lowest BCUT2D eigenvalue weighted by Gasteiger charge is -2.21. The number of hydrogen-bond donors (Lipinski definition) is 2. The molecule has 0 radical (unpaired) electrons. The van der Waals surface area contributed by atoms with Gasteiger partial charge in [0.15, 0.2) is 0 Å². The Bertz CT molecular complexity index is 150. The smallest absolute Gasteiger partial charge is 0.0482 e. The summed E-state index contributed by atoms with van der Waals surface area (Å²) in [5.41, 5.74) is 0.108. The molecule has 0 saturated heterocycles. The van der Waals surface area contributed by atoms with Gasteiger partial charge in [0.1, 0.15) is 0 Å². The summed E-state index contributed by atoms with van der Waals surface area (Å²) in [4.78, 5) is 0. The molecule has 0 aromatic rings. The van der Waals surface area contributed by atoms with Gasteiger partial charge in [0.05, 0.1) is 0 Å². The van der Waals surface area contributed by atoms with Crippen LogP contribution in [-0.2, 0) is 0 Å². The van der Waals surface area contributed by atoms with Gasteiger partial charge in [0.2, 0.25) is 0 Å². The number of hydrogen-bond acceptors (Lipinski definition) is 2. The second-order valence-corrected chi connectivity index (χ2v) is 5.36. The summed E-state index contributed by atoms with van der Waals surface area (Å²) in [5.74, 6) is 0.